The van der Waals surface area contributed by atoms with E-state index in [-0.39, 0.29) is 5.78 Å². The third-order valence-corrected chi connectivity index (χ3v) is 5.56. The van der Waals surface area contributed by atoms with Gasteiger partial charge in [-0.25, -0.2) is 9.07 Å². The molecular formula is C20H14ClFN4O2S. The van der Waals surface area contributed by atoms with Crippen LogP contribution in [0.25, 0.3) is 11.4 Å². The predicted molar refractivity (Wildman–Crippen MR) is 109 cm³/mol. The van der Waals surface area contributed by atoms with Crippen LogP contribution in [0.15, 0.2) is 65.7 Å². The Morgan fingerprint density at radius 1 is 1.10 bits per heavy atom. The molecule has 4 aromatic rings. The van der Waals surface area contributed by atoms with Gasteiger partial charge in [-0.2, -0.15) is 0 Å². The molecule has 3 heterocycles. The van der Waals surface area contributed by atoms with Crippen LogP contribution in [0.5, 0.6) is 0 Å². The molecule has 1 aromatic carbocycles. The minimum Gasteiger partial charge on any atom is -0.293 e. The summed E-state index contributed by atoms with van der Waals surface area (Å²) >= 11 is 7.12. The Morgan fingerprint density at radius 3 is 2.59 bits per heavy atom. The Bertz CT molecular complexity index is 1230. The summed E-state index contributed by atoms with van der Waals surface area (Å²) in [5.74, 6) is -0.793. The fourth-order valence-corrected chi connectivity index (χ4v) is 3.82. The van der Waals surface area contributed by atoms with Gasteiger partial charge in [-0.3, -0.25) is 14.2 Å². The molecule has 0 atom stereocenters. The first-order valence-corrected chi connectivity index (χ1v) is 9.88. The number of pyridine rings is 1. The van der Waals surface area contributed by atoms with Gasteiger partial charge in [0.15, 0.2) is 11.6 Å². The molecule has 3 aromatic heterocycles. The van der Waals surface area contributed by atoms with Gasteiger partial charge in [-0.15, -0.1) is 16.4 Å². The van der Waals surface area contributed by atoms with E-state index in [4.69, 9.17) is 11.6 Å². The minimum absolute atomic E-state index is 0.0151. The fourth-order valence-electron chi connectivity index (χ4n) is 2.81. The van der Waals surface area contributed by atoms with Gasteiger partial charge in [0.1, 0.15) is 0 Å². The smallest absolute Gasteiger partial charge is 0.291 e. The Labute approximate surface area is 173 Å². The average molecular weight is 429 g/mol. The van der Waals surface area contributed by atoms with Gasteiger partial charge >= 0.3 is 0 Å². The molecule has 0 N–H and O–H groups in total. The quantitative estimate of drug-likeness (QED) is 0.434. The molecule has 29 heavy (non-hydrogen) atoms. The van der Waals surface area contributed by atoms with Crippen LogP contribution in [0.3, 0.4) is 0 Å². The number of ketones is 1. The molecule has 9 heteroatoms. The van der Waals surface area contributed by atoms with Gasteiger partial charge in [-0.05, 0) is 48.5 Å². The summed E-state index contributed by atoms with van der Waals surface area (Å²) in [5, 5.41) is 8.19. The van der Waals surface area contributed by atoms with E-state index in [2.05, 4.69) is 10.3 Å². The Kier molecular flexibility index (Phi) is 5.37. The van der Waals surface area contributed by atoms with Crippen molar-refractivity contribution < 1.29 is 9.18 Å². The van der Waals surface area contributed by atoms with Crippen molar-refractivity contribution in [3.63, 3.8) is 0 Å². The van der Waals surface area contributed by atoms with Gasteiger partial charge in [0.2, 0.25) is 0 Å². The maximum Gasteiger partial charge on any atom is 0.291 e. The first-order chi connectivity index (χ1) is 14.0. The van der Waals surface area contributed by atoms with Crippen molar-refractivity contribution in [3.05, 3.63) is 92.0 Å². The number of thiophene rings is 1. The van der Waals surface area contributed by atoms with Gasteiger partial charge in [0.05, 0.1) is 26.8 Å². The van der Waals surface area contributed by atoms with Crippen molar-refractivity contribution >= 4 is 28.7 Å². The van der Waals surface area contributed by atoms with Crippen LogP contribution in [0.1, 0.15) is 21.8 Å². The van der Waals surface area contributed by atoms with Crippen LogP contribution in [-0.4, -0.2) is 25.3 Å². The summed E-state index contributed by atoms with van der Waals surface area (Å²) in [6, 6.07) is 12.9. The van der Waals surface area contributed by atoms with E-state index in [0.717, 1.165) is 11.8 Å². The van der Waals surface area contributed by atoms with Crippen molar-refractivity contribution in [2.45, 2.75) is 12.8 Å². The highest BCUT2D eigenvalue weighted by Crippen LogP contribution is 2.23. The summed E-state index contributed by atoms with van der Waals surface area (Å²) in [7, 11) is 0. The van der Waals surface area contributed by atoms with E-state index in [0.29, 0.717) is 33.4 Å². The highest BCUT2D eigenvalue weighted by molar-refractivity contribution is 7.18. The number of nitrogens with zero attached hydrogens (tertiary/aromatic N) is 4. The lowest BCUT2D eigenvalue weighted by molar-refractivity contribution is 0.0986. The Hall–Kier alpha value is -3.10. The summed E-state index contributed by atoms with van der Waals surface area (Å²) in [4.78, 5) is 24.7. The number of Topliss-reactive ketones (excluding diaryl/α,β-unsaturated/α-hetero) is 1. The number of rotatable bonds is 6. The summed E-state index contributed by atoms with van der Waals surface area (Å²) in [5.41, 5.74) is 1.25. The Morgan fingerprint density at radius 2 is 1.86 bits per heavy atom. The molecule has 0 unspecified atom stereocenters. The molecule has 0 aliphatic carbocycles. The zero-order valence-corrected chi connectivity index (χ0v) is 16.5. The number of aryl methyl sites for hydroxylation is 1. The fraction of sp³-hybridized carbons (Fsp3) is 0.100. The molecule has 0 amide bonds. The molecule has 0 bridgehead atoms. The van der Waals surface area contributed by atoms with Crippen molar-refractivity contribution in [1.29, 1.82) is 0 Å². The monoisotopic (exact) mass is 428 g/mol. The molecule has 0 aliphatic heterocycles. The molecule has 146 valence electrons. The number of carbonyl (C=O) groups excluding carboxylic acids is 1. The van der Waals surface area contributed by atoms with E-state index in [9.17, 15) is 14.0 Å². The lowest BCUT2D eigenvalue weighted by Gasteiger charge is -2.06. The van der Waals surface area contributed by atoms with Crippen molar-refractivity contribution in [1.82, 2.24) is 19.6 Å². The van der Waals surface area contributed by atoms with Gasteiger partial charge in [0, 0.05) is 24.7 Å². The molecule has 0 radical (unpaired) electrons. The van der Waals surface area contributed by atoms with Crippen LogP contribution in [-0.2, 0) is 6.42 Å². The second-order valence-corrected chi connectivity index (χ2v) is 7.94. The molecular weight excluding hydrogens is 415 g/mol. The normalized spacial score (nSPS) is 11.0. The third-order valence-electron chi connectivity index (χ3n) is 4.29. The van der Waals surface area contributed by atoms with Gasteiger partial charge < -0.3 is 0 Å². The number of aromatic nitrogens is 4. The first-order valence-electron chi connectivity index (χ1n) is 8.69. The van der Waals surface area contributed by atoms with Crippen LogP contribution in [0.2, 0.25) is 4.34 Å². The van der Waals surface area contributed by atoms with E-state index >= 15 is 0 Å². The van der Waals surface area contributed by atoms with Crippen LogP contribution >= 0.6 is 22.9 Å². The van der Waals surface area contributed by atoms with E-state index in [1.165, 1.54) is 28.2 Å². The van der Waals surface area contributed by atoms with Crippen LogP contribution < -0.4 is 5.56 Å². The van der Waals surface area contributed by atoms with Crippen molar-refractivity contribution in [3.8, 4) is 11.4 Å². The number of halogens is 2. The van der Waals surface area contributed by atoms with Crippen molar-refractivity contribution in [2.24, 2.45) is 0 Å². The average Bonchev–Trinajstić information content (AvgIpc) is 3.38. The van der Waals surface area contributed by atoms with Crippen molar-refractivity contribution in [2.75, 3.05) is 0 Å². The van der Waals surface area contributed by atoms with E-state index < -0.39 is 11.4 Å². The van der Waals surface area contributed by atoms with Crippen LogP contribution in [0.4, 0.5) is 4.39 Å². The molecule has 0 aliphatic rings. The molecule has 0 spiro atoms. The van der Waals surface area contributed by atoms with E-state index in [1.54, 1.807) is 47.3 Å². The van der Waals surface area contributed by atoms with Crippen LogP contribution in [0, 0.1) is 5.82 Å². The summed E-state index contributed by atoms with van der Waals surface area (Å²) < 4.78 is 16.9. The summed E-state index contributed by atoms with van der Waals surface area (Å²) in [6.07, 6.45) is 4.03. The summed E-state index contributed by atoms with van der Waals surface area (Å²) in [6.45, 7) is 0. The molecule has 0 saturated heterocycles. The predicted octanol–water partition coefficient (Wildman–Crippen LogP) is 4.09. The first kappa shape index (κ1) is 19.2. The van der Waals surface area contributed by atoms with E-state index in [1.807, 2.05) is 0 Å². The third kappa shape index (κ3) is 4.18. The highest BCUT2D eigenvalue weighted by Gasteiger charge is 2.11. The largest absolute Gasteiger partial charge is 0.293 e. The Balaban J connectivity index is 1.46. The lowest BCUT2D eigenvalue weighted by atomic mass is 10.1. The number of benzene rings is 1. The van der Waals surface area contributed by atoms with Gasteiger partial charge in [0.25, 0.3) is 5.56 Å². The molecule has 0 saturated carbocycles. The standard InChI is InChI=1S/C20H14ClFN4O2S/c21-19-10-9-18(29-19)17(27)8-3-13-12-26(24-23-13)15-6-4-14(5-7-15)25-11-1-2-16(22)20(25)28/h1-2,4-7,9-12H,3,8H2. The lowest BCUT2D eigenvalue weighted by Crippen LogP contribution is -2.20. The maximum atomic E-state index is 13.5. The maximum absolute atomic E-state index is 13.5. The molecule has 0 fully saturated rings. The molecule has 4 rings (SSSR count). The number of carbonyl (C=O) groups is 1. The minimum atomic E-state index is -0.808. The zero-order chi connectivity index (χ0) is 20.4. The number of hydrogen-bond donors (Lipinski definition) is 0. The second kappa shape index (κ2) is 8.10. The highest BCUT2D eigenvalue weighted by atomic mass is 35.5. The number of hydrogen-bond acceptors (Lipinski definition) is 5. The molecule has 6 nitrogen and oxygen atoms in total. The van der Waals surface area contributed by atoms with Gasteiger partial charge in [-0.1, -0.05) is 16.8 Å². The second-order valence-electron chi connectivity index (χ2n) is 6.23. The SMILES string of the molecule is O=C(CCc1cn(-c2ccc(-n3cccc(F)c3=O)cc2)nn1)c1ccc(Cl)s1. The topological polar surface area (TPSA) is 69.8 Å². The zero-order valence-electron chi connectivity index (χ0n) is 15.0.